The second-order valence-corrected chi connectivity index (χ2v) is 13.4. The van der Waals surface area contributed by atoms with Crippen LogP contribution in [0.3, 0.4) is 0 Å². The number of hydrogen-bond donors (Lipinski definition) is 0. The van der Waals surface area contributed by atoms with Gasteiger partial charge in [-0.2, -0.15) is 5.26 Å². The monoisotopic (exact) mass is 499 g/mol. The summed E-state index contributed by atoms with van der Waals surface area (Å²) in [4.78, 5) is 0. The number of benzene rings is 1. The minimum atomic E-state index is -0.563. The lowest BCUT2D eigenvalue weighted by atomic mass is 9.49. The van der Waals surface area contributed by atoms with Crippen molar-refractivity contribution in [2.24, 2.45) is 28.1 Å². The maximum absolute atomic E-state index is 10.5. The molecule has 0 bridgehead atoms. The van der Waals surface area contributed by atoms with E-state index in [0.717, 1.165) is 25.7 Å². The SMILES string of the molecule is CCC1(CC)C=CC(Cc2ccccc2C(C)(C)C(C)C)(C(C)(C)C(C)C)CC1(Br)C#N. The quantitative estimate of drug-likeness (QED) is 0.258. The average Bonchev–Trinajstić information content (AvgIpc) is 2.74. The Hall–Kier alpha value is -1.07. The maximum Gasteiger partial charge on any atom is 0.122 e. The third-order valence-corrected chi connectivity index (χ3v) is 11.1. The van der Waals surface area contributed by atoms with Crippen molar-refractivity contribution in [3.63, 3.8) is 0 Å². The van der Waals surface area contributed by atoms with Gasteiger partial charge in [-0.25, -0.2) is 0 Å². The van der Waals surface area contributed by atoms with Gasteiger partial charge in [0.2, 0.25) is 0 Å². The van der Waals surface area contributed by atoms with Crippen molar-refractivity contribution in [2.75, 3.05) is 0 Å². The van der Waals surface area contributed by atoms with Gasteiger partial charge in [0.05, 0.1) is 6.07 Å². The van der Waals surface area contributed by atoms with E-state index in [4.69, 9.17) is 0 Å². The first kappa shape index (κ1) is 27.2. The van der Waals surface area contributed by atoms with E-state index in [2.05, 4.69) is 128 Å². The Morgan fingerprint density at radius 1 is 0.969 bits per heavy atom. The molecule has 178 valence electrons. The van der Waals surface area contributed by atoms with E-state index in [1.807, 2.05) is 0 Å². The molecule has 2 rings (SSSR count). The summed E-state index contributed by atoms with van der Waals surface area (Å²) in [7, 11) is 0. The second-order valence-electron chi connectivity index (χ2n) is 12.0. The lowest BCUT2D eigenvalue weighted by Gasteiger charge is -2.57. The highest BCUT2D eigenvalue weighted by Crippen LogP contribution is 2.62. The van der Waals surface area contributed by atoms with Crippen LogP contribution >= 0.6 is 15.9 Å². The van der Waals surface area contributed by atoms with Crippen LogP contribution in [-0.2, 0) is 11.8 Å². The molecule has 0 spiro atoms. The highest BCUT2D eigenvalue weighted by atomic mass is 79.9. The molecule has 0 saturated carbocycles. The number of nitrogens with zero attached hydrogens (tertiary/aromatic N) is 1. The zero-order chi connectivity index (χ0) is 24.6. The predicted octanol–water partition coefficient (Wildman–Crippen LogP) is 9.25. The largest absolute Gasteiger partial charge is 0.197 e. The topological polar surface area (TPSA) is 23.8 Å². The van der Waals surface area contributed by atoms with Crippen LogP contribution in [0.5, 0.6) is 0 Å². The maximum atomic E-state index is 10.5. The zero-order valence-corrected chi connectivity index (χ0v) is 23.9. The van der Waals surface area contributed by atoms with Crippen LogP contribution in [0.15, 0.2) is 36.4 Å². The molecule has 1 aliphatic carbocycles. The molecule has 0 amide bonds. The van der Waals surface area contributed by atoms with Gasteiger partial charge in [0.1, 0.15) is 4.32 Å². The Morgan fingerprint density at radius 2 is 1.53 bits per heavy atom. The minimum absolute atomic E-state index is 0.0299. The molecule has 0 radical (unpaired) electrons. The van der Waals surface area contributed by atoms with Gasteiger partial charge in [-0.05, 0) is 64.9 Å². The van der Waals surface area contributed by atoms with Gasteiger partial charge in [-0.3, -0.25) is 0 Å². The van der Waals surface area contributed by atoms with Crippen LogP contribution < -0.4 is 0 Å². The molecule has 0 heterocycles. The van der Waals surface area contributed by atoms with E-state index in [1.165, 1.54) is 11.1 Å². The summed E-state index contributed by atoms with van der Waals surface area (Å²) in [6.45, 7) is 23.3. The molecule has 1 aliphatic rings. The van der Waals surface area contributed by atoms with Crippen molar-refractivity contribution < 1.29 is 0 Å². The number of alkyl halides is 1. The van der Waals surface area contributed by atoms with E-state index in [0.29, 0.717) is 11.8 Å². The molecule has 1 aromatic rings. The molecule has 0 N–H and O–H groups in total. The molecule has 2 heteroatoms. The summed E-state index contributed by atoms with van der Waals surface area (Å²) < 4.78 is -0.563. The molecule has 0 saturated heterocycles. The van der Waals surface area contributed by atoms with Gasteiger partial charge in [0, 0.05) is 5.41 Å². The molecule has 1 aromatic carbocycles. The fourth-order valence-corrected chi connectivity index (χ4v) is 6.83. The van der Waals surface area contributed by atoms with Crippen LogP contribution in [0, 0.1) is 39.4 Å². The average molecular weight is 501 g/mol. The van der Waals surface area contributed by atoms with Crippen molar-refractivity contribution in [1.29, 1.82) is 5.26 Å². The first-order chi connectivity index (χ1) is 14.7. The zero-order valence-electron chi connectivity index (χ0n) is 22.3. The number of nitriles is 1. The summed E-state index contributed by atoms with van der Waals surface area (Å²) in [5, 5.41) is 10.5. The minimum Gasteiger partial charge on any atom is -0.197 e. The Kier molecular flexibility index (Phi) is 7.89. The number of allylic oxidation sites excluding steroid dienone is 2. The fourth-order valence-electron chi connectivity index (χ4n) is 5.64. The van der Waals surface area contributed by atoms with Crippen LogP contribution in [0.2, 0.25) is 0 Å². The van der Waals surface area contributed by atoms with Crippen molar-refractivity contribution in [3.8, 4) is 6.07 Å². The highest BCUT2D eigenvalue weighted by molar-refractivity contribution is 9.10. The van der Waals surface area contributed by atoms with Gasteiger partial charge < -0.3 is 0 Å². The van der Waals surface area contributed by atoms with Gasteiger partial charge in [-0.1, -0.05) is 122 Å². The second kappa shape index (κ2) is 9.29. The van der Waals surface area contributed by atoms with E-state index in [1.54, 1.807) is 0 Å². The van der Waals surface area contributed by atoms with E-state index >= 15 is 0 Å². The Bertz CT molecular complexity index is 865. The van der Waals surface area contributed by atoms with E-state index in [-0.39, 0.29) is 21.7 Å². The van der Waals surface area contributed by atoms with Gasteiger partial charge in [0.15, 0.2) is 0 Å². The highest BCUT2D eigenvalue weighted by Gasteiger charge is 2.58. The van der Waals surface area contributed by atoms with Gasteiger partial charge in [0.25, 0.3) is 0 Å². The molecular weight excluding hydrogens is 454 g/mol. The first-order valence-corrected chi connectivity index (χ1v) is 13.4. The number of rotatable bonds is 8. The van der Waals surface area contributed by atoms with Crippen LogP contribution in [0.4, 0.5) is 0 Å². The third-order valence-electron chi connectivity index (χ3n) is 9.90. The predicted molar refractivity (Wildman–Crippen MR) is 143 cm³/mol. The number of hydrogen-bond acceptors (Lipinski definition) is 1. The van der Waals surface area contributed by atoms with Crippen LogP contribution in [0.1, 0.15) is 99.6 Å². The standard InChI is InChI=1S/C30H46BrN/c1-11-28(12-2)17-18-29(20-30(28,31)21-32,27(9,10)23(5)6)19-24-15-13-14-16-25(24)26(7,8)22(3)4/h13-18,22-23H,11-12,19-20H2,1-10H3. The molecule has 0 aliphatic heterocycles. The van der Waals surface area contributed by atoms with Gasteiger partial charge >= 0.3 is 0 Å². The van der Waals surface area contributed by atoms with Crippen molar-refractivity contribution in [1.82, 2.24) is 0 Å². The Balaban J connectivity index is 2.77. The Morgan fingerprint density at radius 3 is 2.00 bits per heavy atom. The molecule has 32 heavy (non-hydrogen) atoms. The van der Waals surface area contributed by atoms with Crippen molar-refractivity contribution >= 4 is 15.9 Å². The summed E-state index contributed by atoms with van der Waals surface area (Å²) in [6, 6.07) is 11.8. The molecule has 0 aromatic heterocycles. The smallest absolute Gasteiger partial charge is 0.122 e. The van der Waals surface area contributed by atoms with E-state index in [9.17, 15) is 5.26 Å². The first-order valence-electron chi connectivity index (χ1n) is 12.6. The lowest BCUT2D eigenvalue weighted by molar-refractivity contribution is 0.0285. The Labute approximate surface area is 207 Å². The van der Waals surface area contributed by atoms with Crippen LogP contribution in [0.25, 0.3) is 0 Å². The van der Waals surface area contributed by atoms with Crippen molar-refractivity contribution in [2.45, 2.75) is 105 Å². The fraction of sp³-hybridized carbons (Fsp3) is 0.700. The molecule has 0 fully saturated rings. The van der Waals surface area contributed by atoms with E-state index < -0.39 is 4.32 Å². The molecule has 2 atom stereocenters. The summed E-state index contributed by atoms with van der Waals surface area (Å²) >= 11 is 4.04. The lowest BCUT2D eigenvalue weighted by Crippen LogP contribution is -2.54. The summed E-state index contributed by atoms with van der Waals surface area (Å²) in [6.07, 6.45) is 8.66. The van der Waals surface area contributed by atoms with Gasteiger partial charge in [-0.15, -0.1) is 0 Å². The molecule has 2 unspecified atom stereocenters. The summed E-state index contributed by atoms with van der Waals surface area (Å²) in [5.41, 5.74) is 2.75. The van der Waals surface area contributed by atoms with Crippen molar-refractivity contribution in [3.05, 3.63) is 47.5 Å². The molecule has 1 nitrogen and oxygen atoms in total. The molecular formula is C30H46BrN. The third kappa shape index (κ3) is 4.24. The number of halogens is 1. The van der Waals surface area contributed by atoms with Crippen LogP contribution in [-0.4, -0.2) is 4.32 Å². The summed E-state index contributed by atoms with van der Waals surface area (Å²) in [5.74, 6) is 1.03. The normalized spacial score (nSPS) is 25.9.